The number of piperazine rings is 1. The largest absolute Gasteiger partial charge is 0.416 e. The number of amides is 4. The minimum absolute atomic E-state index is 0.00529. The van der Waals surface area contributed by atoms with Crippen LogP contribution >= 0.6 is 23.2 Å². The molecule has 2 heterocycles. The zero-order valence-corrected chi connectivity index (χ0v) is 28.3. The monoisotopic (exact) mass is 722 g/mol. The molecule has 0 aromatic heterocycles. The quantitative estimate of drug-likeness (QED) is 0.272. The maximum Gasteiger partial charge on any atom is 0.416 e. The van der Waals surface area contributed by atoms with Gasteiger partial charge in [0, 0.05) is 57.8 Å². The van der Waals surface area contributed by atoms with Gasteiger partial charge in [-0.25, -0.2) is 4.79 Å². The number of hydrogen-bond acceptors (Lipinski definition) is 3. The number of piperidine rings is 1. The van der Waals surface area contributed by atoms with Gasteiger partial charge in [0.05, 0.1) is 27.2 Å². The van der Waals surface area contributed by atoms with Crippen molar-refractivity contribution in [1.29, 1.82) is 0 Å². The van der Waals surface area contributed by atoms with E-state index < -0.39 is 41.2 Å². The fourth-order valence-electron chi connectivity index (χ4n) is 6.06. The highest BCUT2D eigenvalue weighted by molar-refractivity contribution is 6.42. The molecule has 0 aliphatic carbocycles. The number of likely N-dealkylation sites (tertiary alicyclic amines) is 1. The molecule has 7 nitrogen and oxygen atoms in total. The second-order valence-corrected chi connectivity index (χ2v) is 13.6. The summed E-state index contributed by atoms with van der Waals surface area (Å²) in [6.45, 7) is 5.18. The van der Waals surface area contributed by atoms with Gasteiger partial charge in [-0.2, -0.15) is 26.3 Å². The van der Waals surface area contributed by atoms with Gasteiger partial charge in [-0.05, 0) is 67.5 Å². The summed E-state index contributed by atoms with van der Waals surface area (Å²) in [5.74, 6) is 0.00508. The number of halogens is 8. The van der Waals surface area contributed by atoms with Crippen molar-refractivity contribution in [2.24, 2.45) is 11.8 Å². The van der Waals surface area contributed by atoms with Crippen LogP contribution in [0.4, 0.5) is 36.8 Å². The summed E-state index contributed by atoms with van der Waals surface area (Å²) >= 11 is 12.3. The van der Waals surface area contributed by atoms with Crippen molar-refractivity contribution in [3.05, 3.63) is 63.1 Å². The third-order valence-electron chi connectivity index (χ3n) is 8.87. The molecule has 2 aliphatic rings. The third-order valence-corrected chi connectivity index (χ3v) is 9.61. The zero-order chi connectivity index (χ0) is 35.6. The first-order valence-electron chi connectivity index (χ1n) is 15.7. The number of anilines is 1. The summed E-state index contributed by atoms with van der Waals surface area (Å²) < 4.78 is 81.4. The van der Waals surface area contributed by atoms with Crippen LogP contribution in [0.15, 0.2) is 36.4 Å². The number of nitrogens with zero attached hydrogens (tertiary/aromatic N) is 4. The average Bonchev–Trinajstić information content (AvgIpc) is 3.03. The summed E-state index contributed by atoms with van der Waals surface area (Å²) in [4.78, 5) is 45.6. The smallest absolute Gasteiger partial charge is 0.343 e. The Morgan fingerprint density at radius 1 is 0.854 bits per heavy atom. The molecule has 4 rings (SSSR count). The molecule has 2 fully saturated rings. The lowest BCUT2D eigenvalue weighted by molar-refractivity contribution is -0.143. The maximum absolute atomic E-state index is 13.8. The number of rotatable bonds is 7. The second-order valence-electron chi connectivity index (χ2n) is 12.8. The average molecular weight is 724 g/mol. The Morgan fingerprint density at radius 3 is 2.00 bits per heavy atom. The van der Waals surface area contributed by atoms with Crippen LogP contribution in [0.25, 0.3) is 0 Å². The van der Waals surface area contributed by atoms with Crippen molar-refractivity contribution in [3.8, 4) is 0 Å². The van der Waals surface area contributed by atoms with Crippen LogP contribution < -0.4 is 4.90 Å². The third kappa shape index (κ3) is 9.28. The molecule has 0 N–H and O–H groups in total. The molecule has 0 bridgehead atoms. The van der Waals surface area contributed by atoms with E-state index in [1.54, 1.807) is 28.0 Å². The molecular weight excluding hydrogens is 685 g/mol. The molecule has 0 radical (unpaired) electrons. The lowest BCUT2D eigenvalue weighted by Gasteiger charge is -2.44. The van der Waals surface area contributed by atoms with Gasteiger partial charge in [-0.1, -0.05) is 43.1 Å². The summed E-state index contributed by atoms with van der Waals surface area (Å²) in [5.41, 5.74) is -3.00. The first kappa shape index (κ1) is 37.6. The minimum atomic E-state index is -5.08. The summed E-state index contributed by atoms with van der Waals surface area (Å²) in [5, 5.41) is 0.554. The van der Waals surface area contributed by atoms with Crippen molar-refractivity contribution in [2.75, 3.05) is 44.7 Å². The molecular formula is C33H38Cl2F6N4O3. The fraction of sp³-hybridized carbons (Fsp3) is 0.545. The molecule has 264 valence electrons. The molecule has 48 heavy (non-hydrogen) atoms. The second kappa shape index (κ2) is 15.1. The van der Waals surface area contributed by atoms with Gasteiger partial charge in [0.15, 0.2) is 0 Å². The van der Waals surface area contributed by atoms with Crippen LogP contribution in [0.2, 0.25) is 10.0 Å². The van der Waals surface area contributed by atoms with Crippen LogP contribution in [0.1, 0.15) is 56.2 Å². The van der Waals surface area contributed by atoms with Crippen LogP contribution in [-0.2, 0) is 28.4 Å². The molecule has 0 saturated carbocycles. The lowest BCUT2D eigenvalue weighted by Crippen LogP contribution is -2.60. The fourth-order valence-corrected chi connectivity index (χ4v) is 6.38. The van der Waals surface area contributed by atoms with E-state index in [4.69, 9.17) is 23.2 Å². The summed E-state index contributed by atoms with van der Waals surface area (Å²) in [7, 11) is 1.11. The van der Waals surface area contributed by atoms with Gasteiger partial charge in [0.25, 0.3) is 0 Å². The van der Waals surface area contributed by atoms with E-state index in [1.807, 2.05) is 13.8 Å². The normalized spacial score (nSPS) is 18.0. The van der Waals surface area contributed by atoms with Gasteiger partial charge in [0.2, 0.25) is 11.8 Å². The SMILES string of the molecule is CC(C)CCC(=O)N1CCC(C(=O)N2CCN(C(=O)N(C)c3cc(C(F)(F)F)cc(C(F)(F)F)c3)[C@H](Cc3ccc(Cl)c(Cl)c3)C2)CC1. The van der Waals surface area contributed by atoms with Crippen molar-refractivity contribution in [1.82, 2.24) is 14.7 Å². The number of carbonyl (C=O) groups excluding carboxylic acids is 3. The van der Waals surface area contributed by atoms with E-state index in [0.29, 0.717) is 61.0 Å². The summed E-state index contributed by atoms with van der Waals surface area (Å²) in [6, 6.07) is 4.35. The van der Waals surface area contributed by atoms with Gasteiger partial charge in [-0.3, -0.25) is 14.5 Å². The van der Waals surface area contributed by atoms with Gasteiger partial charge < -0.3 is 14.7 Å². The molecule has 15 heteroatoms. The first-order chi connectivity index (χ1) is 22.3. The predicted octanol–water partition coefficient (Wildman–Crippen LogP) is 8.02. The van der Waals surface area contributed by atoms with E-state index in [1.165, 1.54) is 4.90 Å². The number of alkyl halides is 6. The molecule has 0 spiro atoms. The number of urea groups is 1. The Morgan fingerprint density at radius 2 is 1.46 bits per heavy atom. The number of benzene rings is 2. The van der Waals surface area contributed by atoms with E-state index >= 15 is 0 Å². The Balaban J connectivity index is 1.54. The standard InChI is InChI=1S/C33H38Cl2F6N4O3/c1-20(2)4-7-29(46)43-10-8-22(9-11-43)30(47)44-12-13-45(26(19-44)14-21-5-6-27(34)28(35)15-21)31(48)42(3)25-17-23(32(36,37)38)16-24(18-25)33(39,40)41/h5-6,15-18,20,22,26H,4,7-14,19H2,1-3H3/t26-/m1/s1. The van der Waals surface area contributed by atoms with E-state index in [0.717, 1.165) is 18.4 Å². The number of hydrogen-bond donors (Lipinski definition) is 0. The van der Waals surface area contributed by atoms with Crippen LogP contribution in [-0.4, -0.2) is 78.4 Å². The first-order valence-corrected chi connectivity index (χ1v) is 16.4. The van der Waals surface area contributed by atoms with Crippen molar-refractivity contribution >= 4 is 46.7 Å². The molecule has 1 atom stereocenters. The summed E-state index contributed by atoms with van der Waals surface area (Å²) in [6.07, 6.45) is -7.77. The predicted molar refractivity (Wildman–Crippen MR) is 171 cm³/mol. The van der Waals surface area contributed by atoms with Gasteiger partial charge in [-0.15, -0.1) is 0 Å². The Hall–Kier alpha value is -3.19. The highest BCUT2D eigenvalue weighted by Crippen LogP contribution is 2.39. The molecule has 2 aliphatic heterocycles. The minimum Gasteiger partial charge on any atom is -0.343 e. The molecule has 0 unspecified atom stereocenters. The van der Waals surface area contributed by atoms with Crippen molar-refractivity contribution in [2.45, 2.75) is 64.3 Å². The van der Waals surface area contributed by atoms with Gasteiger partial charge in [0.1, 0.15) is 0 Å². The van der Waals surface area contributed by atoms with Crippen molar-refractivity contribution in [3.63, 3.8) is 0 Å². The molecule has 2 aromatic carbocycles. The maximum atomic E-state index is 13.8. The zero-order valence-electron chi connectivity index (χ0n) is 26.8. The van der Waals surface area contributed by atoms with Crippen molar-refractivity contribution < 1.29 is 40.7 Å². The highest BCUT2D eigenvalue weighted by Gasteiger charge is 2.40. The molecule has 2 saturated heterocycles. The van der Waals surface area contributed by atoms with E-state index in [2.05, 4.69) is 0 Å². The lowest BCUT2D eigenvalue weighted by atomic mass is 9.93. The molecule has 2 aromatic rings. The van der Waals surface area contributed by atoms with Crippen LogP contribution in [0.5, 0.6) is 0 Å². The molecule has 4 amide bonds. The number of carbonyl (C=O) groups is 3. The Labute approximate surface area is 285 Å². The van der Waals surface area contributed by atoms with Crippen LogP contribution in [0, 0.1) is 11.8 Å². The highest BCUT2D eigenvalue weighted by atomic mass is 35.5. The van der Waals surface area contributed by atoms with Crippen LogP contribution in [0.3, 0.4) is 0 Å². The Bertz CT molecular complexity index is 1460. The van der Waals surface area contributed by atoms with E-state index in [-0.39, 0.29) is 54.9 Å². The Kier molecular flexibility index (Phi) is 11.9. The van der Waals surface area contributed by atoms with Gasteiger partial charge >= 0.3 is 18.4 Å². The van der Waals surface area contributed by atoms with E-state index in [9.17, 15) is 40.7 Å². The topological polar surface area (TPSA) is 64.2 Å².